The molecule has 1 unspecified atom stereocenters. The Balaban J connectivity index is 2.39. The highest BCUT2D eigenvalue weighted by Gasteiger charge is 2.05. The van der Waals surface area contributed by atoms with Gasteiger partial charge in [-0.3, -0.25) is 0 Å². The van der Waals surface area contributed by atoms with Crippen molar-refractivity contribution in [2.75, 3.05) is 12.5 Å². The Hall–Kier alpha value is -0.280. The smallest absolute Gasteiger partial charge is 0.165 e. The zero-order valence-corrected chi connectivity index (χ0v) is 11.5. The third-order valence-electron chi connectivity index (χ3n) is 2.36. The second kappa shape index (κ2) is 7.13. The Morgan fingerprint density at radius 2 is 2.19 bits per heavy atom. The van der Waals surface area contributed by atoms with Crippen molar-refractivity contribution in [3.05, 3.63) is 28.5 Å². The SMILES string of the molecule is CC(CCCl)CCOc1cc(Br)ccc1F. The fourth-order valence-electron chi connectivity index (χ4n) is 1.29. The van der Waals surface area contributed by atoms with Crippen LogP contribution in [0.15, 0.2) is 22.7 Å². The van der Waals surface area contributed by atoms with Crippen LogP contribution in [-0.4, -0.2) is 12.5 Å². The fourth-order valence-corrected chi connectivity index (χ4v) is 2.00. The standard InChI is InChI=1S/C12H15BrClFO/c1-9(4-6-14)5-7-16-12-8-10(13)2-3-11(12)15/h2-3,8-9H,4-7H2,1H3. The molecule has 0 spiro atoms. The van der Waals surface area contributed by atoms with E-state index in [1.807, 2.05) is 0 Å². The van der Waals surface area contributed by atoms with Crippen molar-refractivity contribution in [2.24, 2.45) is 5.92 Å². The number of hydrogen-bond donors (Lipinski definition) is 0. The van der Waals surface area contributed by atoms with Gasteiger partial charge in [0.15, 0.2) is 11.6 Å². The zero-order chi connectivity index (χ0) is 12.0. The van der Waals surface area contributed by atoms with Crippen molar-refractivity contribution in [3.8, 4) is 5.75 Å². The van der Waals surface area contributed by atoms with Crippen LogP contribution in [0.25, 0.3) is 0 Å². The molecule has 0 aromatic heterocycles. The van der Waals surface area contributed by atoms with Crippen LogP contribution in [0.5, 0.6) is 5.75 Å². The first kappa shape index (κ1) is 13.8. The van der Waals surface area contributed by atoms with Crippen LogP contribution in [-0.2, 0) is 0 Å². The molecule has 0 aliphatic heterocycles. The summed E-state index contributed by atoms with van der Waals surface area (Å²) in [5, 5.41) is 0. The average Bonchev–Trinajstić information content (AvgIpc) is 2.23. The van der Waals surface area contributed by atoms with E-state index < -0.39 is 0 Å². The summed E-state index contributed by atoms with van der Waals surface area (Å²) in [5.74, 6) is 1.14. The first-order valence-electron chi connectivity index (χ1n) is 5.27. The lowest BCUT2D eigenvalue weighted by atomic mass is 10.1. The van der Waals surface area contributed by atoms with E-state index in [9.17, 15) is 4.39 Å². The highest BCUT2D eigenvalue weighted by Crippen LogP contribution is 2.22. The van der Waals surface area contributed by atoms with Crippen molar-refractivity contribution in [2.45, 2.75) is 19.8 Å². The number of alkyl halides is 1. The van der Waals surface area contributed by atoms with E-state index in [0.29, 0.717) is 24.2 Å². The molecular formula is C12H15BrClFO. The van der Waals surface area contributed by atoms with Crippen molar-refractivity contribution < 1.29 is 9.13 Å². The Labute approximate surface area is 109 Å². The van der Waals surface area contributed by atoms with Crippen molar-refractivity contribution in [3.63, 3.8) is 0 Å². The minimum Gasteiger partial charge on any atom is -0.490 e. The molecule has 1 aromatic rings. The molecule has 4 heteroatoms. The van der Waals surface area contributed by atoms with Crippen LogP contribution in [0, 0.1) is 11.7 Å². The first-order valence-corrected chi connectivity index (χ1v) is 6.60. The van der Waals surface area contributed by atoms with Gasteiger partial charge in [-0.1, -0.05) is 22.9 Å². The number of benzene rings is 1. The minimum atomic E-state index is -0.326. The second-order valence-electron chi connectivity index (χ2n) is 3.79. The quantitative estimate of drug-likeness (QED) is 0.697. The fraction of sp³-hybridized carbons (Fsp3) is 0.500. The van der Waals surface area contributed by atoms with Crippen LogP contribution in [0.4, 0.5) is 4.39 Å². The summed E-state index contributed by atoms with van der Waals surface area (Å²) < 4.78 is 19.5. The van der Waals surface area contributed by atoms with Crippen LogP contribution in [0.1, 0.15) is 19.8 Å². The number of ether oxygens (including phenoxy) is 1. The van der Waals surface area contributed by atoms with Gasteiger partial charge in [-0.05, 0) is 37.0 Å². The molecule has 0 heterocycles. The highest BCUT2D eigenvalue weighted by molar-refractivity contribution is 9.10. The van der Waals surface area contributed by atoms with Crippen molar-refractivity contribution in [1.82, 2.24) is 0 Å². The van der Waals surface area contributed by atoms with E-state index in [0.717, 1.165) is 17.3 Å². The summed E-state index contributed by atoms with van der Waals surface area (Å²) in [5.41, 5.74) is 0. The Morgan fingerprint density at radius 1 is 1.44 bits per heavy atom. The molecule has 1 rings (SSSR count). The Bertz CT molecular complexity index is 333. The lowest BCUT2D eigenvalue weighted by Crippen LogP contribution is -2.05. The van der Waals surface area contributed by atoms with Crippen LogP contribution < -0.4 is 4.74 Å². The third kappa shape index (κ3) is 4.71. The predicted molar refractivity (Wildman–Crippen MR) is 68.7 cm³/mol. The second-order valence-corrected chi connectivity index (χ2v) is 5.09. The molecule has 0 radical (unpaired) electrons. The molecule has 1 atom stereocenters. The van der Waals surface area contributed by atoms with Crippen molar-refractivity contribution >= 4 is 27.5 Å². The monoisotopic (exact) mass is 308 g/mol. The largest absolute Gasteiger partial charge is 0.490 e. The Kier molecular flexibility index (Phi) is 6.14. The van der Waals surface area contributed by atoms with Gasteiger partial charge in [0.05, 0.1) is 6.61 Å². The van der Waals surface area contributed by atoms with Gasteiger partial charge >= 0.3 is 0 Å². The lowest BCUT2D eigenvalue weighted by Gasteiger charge is -2.11. The van der Waals surface area contributed by atoms with E-state index in [-0.39, 0.29) is 5.82 Å². The van der Waals surface area contributed by atoms with Crippen LogP contribution in [0.2, 0.25) is 0 Å². The molecule has 90 valence electrons. The van der Waals surface area contributed by atoms with Gasteiger partial charge in [0.2, 0.25) is 0 Å². The van der Waals surface area contributed by atoms with Crippen molar-refractivity contribution in [1.29, 1.82) is 0 Å². The third-order valence-corrected chi connectivity index (χ3v) is 3.07. The molecule has 0 bridgehead atoms. The van der Waals surface area contributed by atoms with Gasteiger partial charge in [0.25, 0.3) is 0 Å². The maximum absolute atomic E-state index is 13.3. The molecule has 0 amide bonds. The maximum Gasteiger partial charge on any atom is 0.165 e. The van der Waals surface area contributed by atoms with Crippen LogP contribution >= 0.6 is 27.5 Å². The van der Waals surface area contributed by atoms with Gasteiger partial charge in [-0.2, -0.15) is 0 Å². The molecule has 0 saturated heterocycles. The number of rotatable bonds is 6. The van der Waals surface area contributed by atoms with Gasteiger partial charge in [0.1, 0.15) is 0 Å². The zero-order valence-electron chi connectivity index (χ0n) is 9.18. The van der Waals surface area contributed by atoms with Gasteiger partial charge < -0.3 is 4.74 Å². The summed E-state index contributed by atoms with van der Waals surface area (Å²) >= 11 is 8.91. The molecule has 16 heavy (non-hydrogen) atoms. The highest BCUT2D eigenvalue weighted by atomic mass is 79.9. The number of halogens is 3. The lowest BCUT2D eigenvalue weighted by molar-refractivity contribution is 0.270. The van der Waals surface area contributed by atoms with E-state index in [2.05, 4.69) is 22.9 Å². The summed E-state index contributed by atoms with van der Waals surface area (Å²) in [6.45, 7) is 2.63. The average molecular weight is 310 g/mol. The van der Waals surface area contributed by atoms with E-state index in [1.54, 1.807) is 12.1 Å². The molecule has 1 nitrogen and oxygen atoms in total. The Morgan fingerprint density at radius 3 is 2.88 bits per heavy atom. The summed E-state index contributed by atoms with van der Waals surface area (Å²) in [4.78, 5) is 0. The maximum atomic E-state index is 13.3. The molecule has 1 aromatic carbocycles. The number of hydrogen-bond acceptors (Lipinski definition) is 1. The van der Waals surface area contributed by atoms with Gasteiger partial charge in [0, 0.05) is 10.4 Å². The minimum absolute atomic E-state index is 0.299. The molecule has 0 aliphatic rings. The molecule has 0 fully saturated rings. The summed E-state index contributed by atoms with van der Waals surface area (Å²) in [6.07, 6.45) is 1.85. The normalized spacial score (nSPS) is 12.5. The predicted octanol–water partition coefficient (Wildman–Crippen LogP) is 4.62. The van der Waals surface area contributed by atoms with E-state index in [1.165, 1.54) is 6.07 Å². The van der Waals surface area contributed by atoms with Gasteiger partial charge in [-0.15, -0.1) is 11.6 Å². The molecule has 0 saturated carbocycles. The topological polar surface area (TPSA) is 9.23 Å². The molecule has 0 N–H and O–H groups in total. The summed E-state index contributed by atoms with van der Waals surface area (Å²) in [7, 11) is 0. The van der Waals surface area contributed by atoms with E-state index >= 15 is 0 Å². The van der Waals surface area contributed by atoms with Crippen LogP contribution in [0.3, 0.4) is 0 Å². The first-order chi connectivity index (χ1) is 7.63. The molecular weight excluding hydrogens is 294 g/mol. The van der Waals surface area contributed by atoms with Gasteiger partial charge in [-0.25, -0.2) is 4.39 Å². The van der Waals surface area contributed by atoms with E-state index in [4.69, 9.17) is 16.3 Å². The summed E-state index contributed by atoms with van der Waals surface area (Å²) in [6, 6.07) is 4.68. The molecule has 0 aliphatic carbocycles.